The summed E-state index contributed by atoms with van der Waals surface area (Å²) in [6.07, 6.45) is 1.51. The van der Waals surface area contributed by atoms with Gasteiger partial charge in [0.25, 0.3) is 5.91 Å². The lowest BCUT2D eigenvalue weighted by Gasteiger charge is -2.13. The van der Waals surface area contributed by atoms with Crippen LogP contribution in [-0.4, -0.2) is 33.9 Å². The Morgan fingerprint density at radius 2 is 1.92 bits per heavy atom. The molecule has 0 aliphatic carbocycles. The molecular formula is C18H18IN5OS. The summed E-state index contributed by atoms with van der Waals surface area (Å²) in [4.78, 5) is 27.3. The van der Waals surface area contributed by atoms with Crippen LogP contribution in [0.5, 0.6) is 0 Å². The zero-order chi connectivity index (χ0) is 18.7. The van der Waals surface area contributed by atoms with E-state index in [2.05, 4.69) is 42.9 Å². The van der Waals surface area contributed by atoms with Gasteiger partial charge in [0.15, 0.2) is 5.13 Å². The SMILES string of the molecule is CC(C)Nc1cc(-c2csc(N([11CH3])C(=O)c3ccc(I)cc3)n2)ncn1. The van der Waals surface area contributed by atoms with Crippen molar-refractivity contribution in [2.75, 3.05) is 17.3 Å². The second-order valence-corrected chi connectivity index (χ2v) is 8.06. The highest BCUT2D eigenvalue weighted by Crippen LogP contribution is 2.27. The molecule has 1 N–H and O–H groups in total. The monoisotopic (exact) mass is 478 g/mol. The molecule has 2 aromatic heterocycles. The zero-order valence-corrected chi connectivity index (χ0v) is 17.6. The summed E-state index contributed by atoms with van der Waals surface area (Å²) in [6.45, 7) is 4.10. The number of anilines is 2. The minimum absolute atomic E-state index is 0.0906. The molecule has 3 rings (SSSR count). The van der Waals surface area contributed by atoms with Crippen molar-refractivity contribution in [3.63, 3.8) is 0 Å². The fraction of sp³-hybridized carbons (Fsp3) is 0.222. The lowest BCUT2D eigenvalue weighted by atomic mass is 10.2. The van der Waals surface area contributed by atoms with Crippen LogP contribution in [-0.2, 0) is 0 Å². The third-order valence-electron chi connectivity index (χ3n) is 3.54. The Balaban J connectivity index is 1.81. The molecule has 0 aliphatic heterocycles. The lowest BCUT2D eigenvalue weighted by molar-refractivity contribution is 0.0993. The van der Waals surface area contributed by atoms with Crippen molar-refractivity contribution in [2.45, 2.75) is 19.9 Å². The van der Waals surface area contributed by atoms with Crippen LogP contribution in [0.4, 0.5) is 10.9 Å². The standard InChI is InChI=1S/C18H18IN5OS/c1-11(2)22-16-8-14(20-10-21-16)15-9-26-18(23-15)24(3)17(25)12-4-6-13(19)7-5-12/h4-11H,1-3H3,(H,20,21,22)/i3-1. The number of nitrogens with one attached hydrogen (secondary N) is 1. The zero-order valence-electron chi connectivity index (χ0n) is 14.6. The van der Waals surface area contributed by atoms with Crippen LogP contribution in [0.3, 0.4) is 0 Å². The number of rotatable bonds is 5. The van der Waals surface area contributed by atoms with Gasteiger partial charge in [-0.05, 0) is 60.7 Å². The van der Waals surface area contributed by atoms with Crippen LogP contribution in [0, 0.1) is 3.57 Å². The van der Waals surface area contributed by atoms with Gasteiger partial charge in [0.2, 0.25) is 0 Å². The van der Waals surface area contributed by atoms with Gasteiger partial charge in [-0.3, -0.25) is 9.69 Å². The molecule has 3 aromatic rings. The van der Waals surface area contributed by atoms with Crippen molar-refractivity contribution in [1.29, 1.82) is 0 Å². The second-order valence-electron chi connectivity index (χ2n) is 5.97. The number of nitrogens with zero attached hydrogens (tertiary/aromatic N) is 4. The first kappa shape index (κ1) is 18.7. The van der Waals surface area contributed by atoms with Gasteiger partial charge in [0, 0.05) is 33.7 Å². The van der Waals surface area contributed by atoms with E-state index < -0.39 is 0 Å². The van der Waals surface area contributed by atoms with Crippen molar-refractivity contribution in [2.24, 2.45) is 0 Å². The number of carbonyl (C=O) groups excluding carboxylic acids is 1. The Kier molecular flexibility index (Phi) is 5.82. The highest BCUT2D eigenvalue weighted by molar-refractivity contribution is 14.1. The summed E-state index contributed by atoms with van der Waals surface area (Å²) in [5, 5.41) is 5.77. The van der Waals surface area contributed by atoms with E-state index in [1.165, 1.54) is 17.7 Å². The van der Waals surface area contributed by atoms with Crippen molar-refractivity contribution >= 4 is 50.8 Å². The third-order valence-corrected chi connectivity index (χ3v) is 5.18. The Labute approximate surface area is 169 Å². The van der Waals surface area contributed by atoms with Crippen LogP contribution in [0.15, 0.2) is 42.0 Å². The first-order valence-electron chi connectivity index (χ1n) is 8.02. The maximum atomic E-state index is 12.6. The minimum Gasteiger partial charge on any atom is -0.368 e. The van der Waals surface area contributed by atoms with Gasteiger partial charge in [-0.25, -0.2) is 15.0 Å². The maximum Gasteiger partial charge on any atom is 0.259 e. The molecule has 0 unspecified atom stereocenters. The quantitative estimate of drug-likeness (QED) is 0.554. The predicted molar refractivity (Wildman–Crippen MR) is 114 cm³/mol. The molecule has 6 nitrogen and oxygen atoms in total. The molecule has 1 aromatic carbocycles. The van der Waals surface area contributed by atoms with E-state index in [1.807, 2.05) is 49.6 Å². The summed E-state index contributed by atoms with van der Waals surface area (Å²) in [5.41, 5.74) is 2.08. The van der Waals surface area contributed by atoms with Gasteiger partial charge in [-0.1, -0.05) is 0 Å². The number of aromatic nitrogens is 3. The lowest BCUT2D eigenvalue weighted by Crippen LogP contribution is -2.26. The summed E-state index contributed by atoms with van der Waals surface area (Å²) < 4.78 is 1.09. The van der Waals surface area contributed by atoms with E-state index >= 15 is 0 Å². The molecule has 8 heteroatoms. The first-order valence-corrected chi connectivity index (χ1v) is 9.98. The highest BCUT2D eigenvalue weighted by Gasteiger charge is 2.17. The molecule has 0 aliphatic rings. The molecule has 0 spiro atoms. The molecule has 134 valence electrons. The molecule has 26 heavy (non-hydrogen) atoms. The smallest absolute Gasteiger partial charge is 0.259 e. The van der Waals surface area contributed by atoms with Crippen LogP contribution >= 0.6 is 33.9 Å². The Morgan fingerprint density at radius 1 is 1.19 bits per heavy atom. The fourth-order valence-corrected chi connectivity index (χ4v) is 3.42. The van der Waals surface area contributed by atoms with Gasteiger partial charge >= 0.3 is 0 Å². The number of carbonyl (C=O) groups is 1. The average Bonchev–Trinajstić information content (AvgIpc) is 3.11. The number of thiazole rings is 1. The molecule has 2 heterocycles. The molecule has 0 bridgehead atoms. The summed E-state index contributed by atoms with van der Waals surface area (Å²) in [7, 11) is 1.73. The van der Waals surface area contributed by atoms with E-state index in [0.717, 1.165) is 20.8 Å². The molecular weight excluding hydrogens is 460 g/mol. The molecule has 0 fully saturated rings. The molecule has 0 saturated heterocycles. The Morgan fingerprint density at radius 3 is 2.62 bits per heavy atom. The maximum absolute atomic E-state index is 12.6. The Bertz CT molecular complexity index is 910. The van der Waals surface area contributed by atoms with Gasteiger partial charge in [0.05, 0.1) is 5.69 Å². The number of benzene rings is 1. The highest BCUT2D eigenvalue weighted by atomic mass is 127. The molecule has 0 saturated carbocycles. The minimum atomic E-state index is -0.0906. The van der Waals surface area contributed by atoms with Crippen LogP contribution < -0.4 is 10.2 Å². The van der Waals surface area contributed by atoms with Gasteiger partial charge in [-0.2, -0.15) is 0 Å². The topological polar surface area (TPSA) is 71.0 Å². The van der Waals surface area contributed by atoms with Gasteiger partial charge in [0.1, 0.15) is 17.8 Å². The predicted octanol–water partition coefficient (Wildman–Crippen LogP) is 4.30. The Hall–Kier alpha value is -2.07. The average molecular weight is 478 g/mol. The summed E-state index contributed by atoms with van der Waals surface area (Å²) in [5.74, 6) is 0.662. The first-order chi connectivity index (χ1) is 12.4. The van der Waals surface area contributed by atoms with E-state index in [9.17, 15) is 4.79 Å². The van der Waals surface area contributed by atoms with E-state index in [4.69, 9.17) is 0 Å². The third kappa shape index (κ3) is 4.36. The number of hydrogen-bond donors (Lipinski definition) is 1. The van der Waals surface area contributed by atoms with E-state index in [0.29, 0.717) is 10.7 Å². The van der Waals surface area contributed by atoms with E-state index in [-0.39, 0.29) is 11.9 Å². The van der Waals surface area contributed by atoms with Crippen molar-refractivity contribution in [1.82, 2.24) is 15.0 Å². The summed E-state index contributed by atoms with van der Waals surface area (Å²) in [6, 6.07) is 9.62. The van der Waals surface area contributed by atoms with Gasteiger partial charge < -0.3 is 5.32 Å². The molecule has 1 amide bonds. The van der Waals surface area contributed by atoms with Crippen LogP contribution in [0.25, 0.3) is 11.4 Å². The van der Waals surface area contributed by atoms with Crippen molar-refractivity contribution in [3.05, 3.63) is 51.2 Å². The fourth-order valence-electron chi connectivity index (χ4n) is 2.28. The van der Waals surface area contributed by atoms with E-state index in [1.54, 1.807) is 11.9 Å². The number of amides is 1. The molecule has 0 atom stereocenters. The van der Waals surface area contributed by atoms with Crippen molar-refractivity contribution < 1.29 is 4.79 Å². The molecule has 0 radical (unpaired) electrons. The summed E-state index contributed by atoms with van der Waals surface area (Å²) >= 11 is 3.63. The van der Waals surface area contributed by atoms with Crippen LogP contribution in [0.2, 0.25) is 0 Å². The van der Waals surface area contributed by atoms with Gasteiger partial charge in [-0.15, -0.1) is 11.3 Å². The number of halogens is 1. The van der Waals surface area contributed by atoms with Crippen LogP contribution in [0.1, 0.15) is 24.2 Å². The normalized spacial score (nSPS) is 10.8. The van der Waals surface area contributed by atoms with Crippen molar-refractivity contribution in [3.8, 4) is 11.4 Å². The number of hydrogen-bond acceptors (Lipinski definition) is 6. The largest absolute Gasteiger partial charge is 0.368 e. The second kappa shape index (κ2) is 8.09.